The Morgan fingerprint density at radius 2 is 2.22 bits per heavy atom. The molecule has 18 heavy (non-hydrogen) atoms. The predicted molar refractivity (Wildman–Crippen MR) is 75.7 cm³/mol. The number of hydrogen-bond acceptors (Lipinski definition) is 3. The lowest BCUT2D eigenvalue weighted by molar-refractivity contribution is 0.0117. The summed E-state index contributed by atoms with van der Waals surface area (Å²) in [5, 5.41) is 3.54. The third kappa shape index (κ3) is 5.61. The van der Waals surface area contributed by atoms with Crippen LogP contribution >= 0.6 is 0 Å². The van der Waals surface area contributed by atoms with Gasteiger partial charge in [0.2, 0.25) is 0 Å². The molecule has 1 aromatic rings. The molecule has 0 amide bonds. The van der Waals surface area contributed by atoms with Crippen LogP contribution in [-0.2, 0) is 11.2 Å². The van der Waals surface area contributed by atoms with Crippen molar-refractivity contribution in [3.63, 3.8) is 0 Å². The SMILES string of the molecule is CCNC(CCC(C)(C)OC)Cc1cccnc1. The standard InChI is InChI=1S/C15H26N2O/c1-5-17-14(8-9-15(2,3)18-4)11-13-7-6-10-16-12-13/h6-7,10,12,14,17H,5,8-9,11H2,1-4H3. The lowest BCUT2D eigenvalue weighted by Crippen LogP contribution is -2.34. The number of nitrogens with one attached hydrogen (secondary N) is 1. The second-order valence-electron chi connectivity index (χ2n) is 5.32. The van der Waals surface area contributed by atoms with Crippen molar-refractivity contribution in [2.45, 2.75) is 51.7 Å². The molecule has 102 valence electrons. The quantitative estimate of drug-likeness (QED) is 0.770. The molecule has 1 aromatic heterocycles. The average molecular weight is 250 g/mol. The van der Waals surface area contributed by atoms with E-state index in [9.17, 15) is 0 Å². The van der Waals surface area contributed by atoms with Crippen molar-refractivity contribution in [1.82, 2.24) is 10.3 Å². The van der Waals surface area contributed by atoms with E-state index < -0.39 is 0 Å². The highest BCUT2D eigenvalue weighted by atomic mass is 16.5. The molecule has 0 aliphatic rings. The van der Waals surface area contributed by atoms with Gasteiger partial charge in [-0.25, -0.2) is 0 Å². The van der Waals surface area contributed by atoms with Crippen LogP contribution in [0.2, 0.25) is 0 Å². The minimum Gasteiger partial charge on any atom is -0.379 e. The average Bonchev–Trinajstić information content (AvgIpc) is 2.38. The topological polar surface area (TPSA) is 34.1 Å². The van der Waals surface area contributed by atoms with Crippen LogP contribution in [0.25, 0.3) is 0 Å². The van der Waals surface area contributed by atoms with E-state index in [1.54, 1.807) is 7.11 Å². The van der Waals surface area contributed by atoms with E-state index in [2.05, 4.69) is 37.1 Å². The molecule has 1 heterocycles. The third-order valence-corrected chi connectivity index (χ3v) is 3.35. The van der Waals surface area contributed by atoms with Crippen LogP contribution in [0.1, 0.15) is 39.2 Å². The second kappa shape index (κ2) is 7.49. The zero-order valence-corrected chi connectivity index (χ0v) is 12.1. The first kappa shape index (κ1) is 15.1. The van der Waals surface area contributed by atoms with Gasteiger partial charge in [0.25, 0.3) is 0 Å². The van der Waals surface area contributed by atoms with E-state index in [-0.39, 0.29) is 5.60 Å². The van der Waals surface area contributed by atoms with E-state index in [1.165, 1.54) is 5.56 Å². The summed E-state index contributed by atoms with van der Waals surface area (Å²) in [6.45, 7) is 7.43. The molecular formula is C15H26N2O. The normalized spacial score (nSPS) is 13.6. The van der Waals surface area contributed by atoms with Crippen molar-refractivity contribution in [3.8, 4) is 0 Å². The highest BCUT2D eigenvalue weighted by molar-refractivity contribution is 5.10. The van der Waals surface area contributed by atoms with E-state index in [1.807, 2.05) is 18.5 Å². The summed E-state index contributed by atoms with van der Waals surface area (Å²) < 4.78 is 5.48. The molecule has 0 saturated heterocycles. The van der Waals surface area contributed by atoms with Crippen LogP contribution in [0.5, 0.6) is 0 Å². The minimum absolute atomic E-state index is 0.0391. The smallest absolute Gasteiger partial charge is 0.0623 e. The Hall–Kier alpha value is -0.930. The minimum atomic E-state index is -0.0391. The first-order valence-electron chi connectivity index (χ1n) is 6.75. The maximum Gasteiger partial charge on any atom is 0.0623 e. The Morgan fingerprint density at radius 3 is 2.78 bits per heavy atom. The summed E-state index contributed by atoms with van der Waals surface area (Å²) in [5.74, 6) is 0. The number of methoxy groups -OCH3 is 1. The van der Waals surface area contributed by atoms with Gasteiger partial charge >= 0.3 is 0 Å². The third-order valence-electron chi connectivity index (χ3n) is 3.35. The summed E-state index contributed by atoms with van der Waals surface area (Å²) in [7, 11) is 1.78. The molecule has 3 heteroatoms. The van der Waals surface area contributed by atoms with Crippen LogP contribution in [0.3, 0.4) is 0 Å². The number of nitrogens with zero attached hydrogens (tertiary/aromatic N) is 1. The van der Waals surface area contributed by atoms with Crippen LogP contribution in [0.4, 0.5) is 0 Å². The highest BCUT2D eigenvalue weighted by Gasteiger charge is 2.19. The van der Waals surface area contributed by atoms with E-state index in [4.69, 9.17) is 4.74 Å². The van der Waals surface area contributed by atoms with Crippen LogP contribution < -0.4 is 5.32 Å². The van der Waals surface area contributed by atoms with Gasteiger partial charge in [-0.15, -0.1) is 0 Å². The zero-order chi connectivity index (χ0) is 13.4. The summed E-state index contributed by atoms with van der Waals surface area (Å²) in [6.07, 6.45) is 6.97. The Labute approximate surface area is 111 Å². The van der Waals surface area contributed by atoms with Crippen molar-refractivity contribution in [2.24, 2.45) is 0 Å². The number of likely N-dealkylation sites (N-methyl/N-ethyl adjacent to an activating group) is 1. The lowest BCUT2D eigenvalue weighted by Gasteiger charge is -2.26. The molecule has 0 aliphatic carbocycles. The first-order valence-corrected chi connectivity index (χ1v) is 6.75. The monoisotopic (exact) mass is 250 g/mol. The maximum absolute atomic E-state index is 5.48. The number of aromatic nitrogens is 1. The number of ether oxygens (including phenoxy) is 1. The van der Waals surface area contributed by atoms with Crippen LogP contribution in [0.15, 0.2) is 24.5 Å². The van der Waals surface area contributed by atoms with E-state index in [0.29, 0.717) is 6.04 Å². The Balaban J connectivity index is 2.50. The fraction of sp³-hybridized carbons (Fsp3) is 0.667. The van der Waals surface area contributed by atoms with E-state index >= 15 is 0 Å². The molecule has 0 aromatic carbocycles. The van der Waals surface area contributed by atoms with Gasteiger partial charge in [-0.2, -0.15) is 0 Å². The summed E-state index contributed by atoms with van der Waals surface area (Å²) in [6, 6.07) is 4.63. The molecule has 3 nitrogen and oxygen atoms in total. The summed E-state index contributed by atoms with van der Waals surface area (Å²) in [5.41, 5.74) is 1.25. The molecule has 0 spiro atoms. The molecular weight excluding hydrogens is 224 g/mol. The van der Waals surface area contributed by atoms with Crippen molar-refractivity contribution in [2.75, 3.05) is 13.7 Å². The van der Waals surface area contributed by atoms with Crippen molar-refractivity contribution < 1.29 is 4.74 Å². The molecule has 0 fully saturated rings. The van der Waals surface area contributed by atoms with Gasteiger partial charge in [-0.05, 0) is 51.3 Å². The lowest BCUT2D eigenvalue weighted by atomic mass is 9.95. The number of rotatable bonds is 8. The van der Waals surface area contributed by atoms with Crippen LogP contribution in [-0.4, -0.2) is 30.3 Å². The van der Waals surface area contributed by atoms with Gasteiger partial charge in [-0.3, -0.25) is 4.98 Å². The number of pyridine rings is 1. The van der Waals surface area contributed by atoms with Gasteiger partial charge < -0.3 is 10.1 Å². The predicted octanol–water partition coefficient (Wildman–Crippen LogP) is 2.81. The maximum atomic E-state index is 5.48. The van der Waals surface area contributed by atoms with Crippen molar-refractivity contribution >= 4 is 0 Å². The Bertz CT molecular complexity index is 325. The Morgan fingerprint density at radius 1 is 1.44 bits per heavy atom. The largest absolute Gasteiger partial charge is 0.379 e. The van der Waals surface area contributed by atoms with Gasteiger partial charge in [0, 0.05) is 25.5 Å². The van der Waals surface area contributed by atoms with E-state index in [0.717, 1.165) is 25.8 Å². The van der Waals surface area contributed by atoms with Gasteiger partial charge in [-0.1, -0.05) is 13.0 Å². The summed E-state index contributed by atoms with van der Waals surface area (Å²) >= 11 is 0. The number of hydrogen-bond donors (Lipinski definition) is 1. The molecule has 0 bridgehead atoms. The zero-order valence-electron chi connectivity index (χ0n) is 12.1. The molecule has 1 atom stereocenters. The first-order chi connectivity index (χ1) is 8.57. The van der Waals surface area contributed by atoms with Gasteiger partial charge in [0.1, 0.15) is 0 Å². The molecule has 1 N–H and O–H groups in total. The fourth-order valence-electron chi connectivity index (χ4n) is 1.99. The molecule has 0 saturated carbocycles. The molecule has 1 rings (SSSR count). The second-order valence-corrected chi connectivity index (χ2v) is 5.32. The van der Waals surface area contributed by atoms with Gasteiger partial charge in [0.05, 0.1) is 5.60 Å². The fourth-order valence-corrected chi connectivity index (χ4v) is 1.99. The van der Waals surface area contributed by atoms with Gasteiger partial charge in [0.15, 0.2) is 0 Å². The van der Waals surface area contributed by atoms with Crippen molar-refractivity contribution in [3.05, 3.63) is 30.1 Å². The van der Waals surface area contributed by atoms with Crippen molar-refractivity contribution in [1.29, 1.82) is 0 Å². The molecule has 0 aliphatic heterocycles. The van der Waals surface area contributed by atoms with Crippen LogP contribution in [0, 0.1) is 0 Å². The summed E-state index contributed by atoms with van der Waals surface area (Å²) in [4.78, 5) is 4.17. The highest BCUT2D eigenvalue weighted by Crippen LogP contribution is 2.18. The Kier molecular flexibility index (Phi) is 6.30. The molecule has 0 radical (unpaired) electrons. The molecule has 1 unspecified atom stereocenters.